The van der Waals surface area contributed by atoms with E-state index in [-0.39, 0.29) is 11.4 Å². The van der Waals surface area contributed by atoms with Gasteiger partial charge in [-0.15, -0.1) is 0 Å². The van der Waals surface area contributed by atoms with Crippen LogP contribution in [0.4, 0.5) is 18.9 Å². The van der Waals surface area contributed by atoms with Gasteiger partial charge in [-0.2, -0.15) is 13.2 Å². The molecule has 5 nitrogen and oxygen atoms in total. The number of carbonyl (C=O) groups excluding carboxylic acids is 2. The minimum atomic E-state index is -4.33. The van der Waals surface area contributed by atoms with E-state index >= 15 is 0 Å². The molecule has 2 amide bonds. The SMILES string of the molecule is CC(C)(C)/N=C/c1cc(C2(C(=O)NCCC(F)(F)F)CCC2)ccc1NC(=O)c1cccc(Cl)c1. The van der Waals surface area contributed by atoms with E-state index in [0.717, 1.165) is 6.42 Å². The second-order valence-electron chi connectivity index (χ2n) is 9.75. The molecule has 3 rings (SSSR count). The Morgan fingerprint density at radius 1 is 1.11 bits per heavy atom. The van der Waals surface area contributed by atoms with Crippen molar-refractivity contribution in [3.8, 4) is 0 Å². The molecule has 0 heterocycles. The van der Waals surface area contributed by atoms with E-state index in [4.69, 9.17) is 11.6 Å². The van der Waals surface area contributed by atoms with Gasteiger partial charge in [0.05, 0.1) is 17.4 Å². The van der Waals surface area contributed by atoms with E-state index in [2.05, 4.69) is 15.6 Å². The van der Waals surface area contributed by atoms with Crippen LogP contribution in [0.15, 0.2) is 47.5 Å². The van der Waals surface area contributed by atoms with Gasteiger partial charge in [0.25, 0.3) is 5.91 Å². The quantitative estimate of drug-likeness (QED) is 0.432. The summed E-state index contributed by atoms with van der Waals surface area (Å²) in [6.45, 7) is 5.33. The third-order valence-electron chi connectivity index (χ3n) is 5.87. The fourth-order valence-corrected chi connectivity index (χ4v) is 4.02. The Balaban J connectivity index is 1.91. The summed E-state index contributed by atoms with van der Waals surface area (Å²) in [7, 11) is 0. The molecule has 1 aliphatic carbocycles. The number of halogens is 4. The van der Waals surface area contributed by atoms with Crippen LogP contribution in [0, 0.1) is 0 Å². The van der Waals surface area contributed by atoms with E-state index in [1.54, 1.807) is 48.7 Å². The molecule has 0 saturated heterocycles. The molecule has 1 fully saturated rings. The molecule has 0 atom stereocenters. The number of nitrogens with one attached hydrogen (secondary N) is 2. The number of alkyl halides is 3. The van der Waals surface area contributed by atoms with Gasteiger partial charge in [-0.1, -0.05) is 30.2 Å². The van der Waals surface area contributed by atoms with E-state index in [0.29, 0.717) is 40.2 Å². The Hall–Kier alpha value is -2.87. The second kappa shape index (κ2) is 10.4. The molecule has 0 aliphatic heterocycles. The summed E-state index contributed by atoms with van der Waals surface area (Å²) in [6, 6.07) is 11.8. The van der Waals surface area contributed by atoms with Gasteiger partial charge >= 0.3 is 6.18 Å². The maximum atomic E-state index is 12.9. The molecular formula is C26H29ClF3N3O2. The fraction of sp³-hybridized carbons (Fsp3) is 0.423. The van der Waals surface area contributed by atoms with Crippen LogP contribution in [-0.2, 0) is 10.2 Å². The normalized spacial score (nSPS) is 15.5. The molecule has 1 aliphatic rings. The smallest absolute Gasteiger partial charge is 0.355 e. The van der Waals surface area contributed by atoms with E-state index in [9.17, 15) is 22.8 Å². The number of nitrogens with zero attached hydrogens (tertiary/aromatic N) is 1. The van der Waals surface area contributed by atoms with Crippen molar-refractivity contribution in [1.29, 1.82) is 0 Å². The van der Waals surface area contributed by atoms with Crippen LogP contribution in [0.5, 0.6) is 0 Å². The maximum Gasteiger partial charge on any atom is 0.390 e. The highest BCUT2D eigenvalue weighted by molar-refractivity contribution is 6.31. The molecule has 0 bridgehead atoms. The summed E-state index contributed by atoms with van der Waals surface area (Å²) in [5, 5.41) is 5.76. The zero-order valence-corrected chi connectivity index (χ0v) is 20.7. The molecule has 0 aromatic heterocycles. The highest BCUT2D eigenvalue weighted by atomic mass is 35.5. The van der Waals surface area contributed by atoms with Crippen LogP contribution in [-0.4, -0.2) is 36.3 Å². The molecule has 188 valence electrons. The fourth-order valence-electron chi connectivity index (χ4n) is 3.83. The van der Waals surface area contributed by atoms with Gasteiger partial charge in [0.1, 0.15) is 0 Å². The van der Waals surface area contributed by atoms with Gasteiger partial charge in [0.2, 0.25) is 5.91 Å². The van der Waals surface area contributed by atoms with Crippen molar-refractivity contribution in [2.75, 3.05) is 11.9 Å². The minimum absolute atomic E-state index is 0.353. The van der Waals surface area contributed by atoms with Gasteiger partial charge in [0, 0.05) is 34.6 Å². The second-order valence-corrected chi connectivity index (χ2v) is 10.2. The Bertz CT molecular complexity index is 1120. The van der Waals surface area contributed by atoms with Crippen LogP contribution < -0.4 is 10.6 Å². The Labute approximate surface area is 208 Å². The Morgan fingerprint density at radius 2 is 1.83 bits per heavy atom. The van der Waals surface area contributed by atoms with Gasteiger partial charge in [-0.3, -0.25) is 14.6 Å². The topological polar surface area (TPSA) is 70.6 Å². The average Bonchev–Trinajstić information content (AvgIpc) is 2.71. The highest BCUT2D eigenvalue weighted by Gasteiger charge is 2.46. The van der Waals surface area contributed by atoms with Gasteiger partial charge in [-0.05, 0) is 69.5 Å². The molecule has 2 aromatic rings. The monoisotopic (exact) mass is 507 g/mol. The summed E-state index contributed by atoms with van der Waals surface area (Å²) in [5.74, 6) is -0.767. The first kappa shape index (κ1) is 26.7. The maximum absolute atomic E-state index is 12.9. The predicted molar refractivity (Wildman–Crippen MR) is 132 cm³/mol. The Kier molecular flexibility index (Phi) is 7.94. The van der Waals surface area contributed by atoms with Gasteiger partial charge in [-0.25, -0.2) is 0 Å². The van der Waals surface area contributed by atoms with Crippen molar-refractivity contribution in [3.63, 3.8) is 0 Å². The van der Waals surface area contributed by atoms with E-state index in [1.165, 1.54) is 0 Å². The number of aliphatic imine (C=N–C) groups is 1. The molecule has 1 saturated carbocycles. The molecule has 2 N–H and O–H groups in total. The third-order valence-corrected chi connectivity index (χ3v) is 6.10. The van der Waals surface area contributed by atoms with Crippen molar-refractivity contribution in [1.82, 2.24) is 5.32 Å². The third kappa shape index (κ3) is 7.07. The first-order chi connectivity index (χ1) is 16.3. The molecule has 9 heteroatoms. The lowest BCUT2D eigenvalue weighted by atomic mass is 9.63. The van der Waals surface area contributed by atoms with Crippen molar-refractivity contribution in [3.05, 3.63) is 64.2 Å². The molecule has 0 spiro atoms. The van der Waals surface area contributed by atoms with Crippen LogP contribution in [0.25, 0.3) is 0 Å². The number of carbonyl (C=O) groups is 2. The standard InChI is InChI=1S/C26H29ClF3N3O2/c1-24(2,3)32-16-18-14-19(25(10-5-11-25)23(35)31-13-12-26(28,29)30)8-9-21(18)33-22(34)17-6-4-7-20(27)15-17/h4,6-9,14-16H,5,10-13H2,1-3H3,(H,31,35)(H,33,34)/b32-16+. The summed E-state index contributed by atoms with van der Waals surface area (Å²) in [6.07, 6.45) is -1.90. The zero-order valence-electron chi connectivity index (χ0n) is 19.9. The highest BCUT2D eigenvalue weighted by Crippen LogP contribution is 2.45. The van der Waals surface area contributed by atoms with Crippen LogP contribution in [0.3, 0.4) is 0 Å². The predicted octanol–water partition coefficient (Wildman–Crippen LogP) is 6.30. The van der Waals surface area contributed by atoms with E-state index < -0.39 is 30.5 Å². The van der Waals surface area contributed by atoms with Crippen LogP contribution in [0.2, 0.25) is 5.02 Å². The molecule has 0 radical (unpaired) electrons. The Morgan fingerprint density at radius 3 is 2.40 bits per heavy atom. The number of hydrogen-bond donors (Lipinski definition) is 2. The summed E-state index contributed by atoms with van der Waals surface area (Å²) in [4.78, 5) is 30.3. The van der Waals surface area contributed by atoms with Crippen molar-refractivity contribution in [2.45, 2.75) is 63.6 Å². The number of rotatable bonds is 7. The van der Waals surface area contributed by atoms with Crippen molar-refractivity contribution < 1.29 is 22.8 Å². The molecular weight excluding hydrogens is 479 g/mol. The lowest BCUT2D eigenvalue weighted by Gasteiger charge is -2.41. The molecule has 2 aromatic carbocycles. The average molecular weight is 508 g/mol. The summed E-state index contributed by atoms with van der Waals surface area (Å²) >= 11 is 6.01. The van der Waals surface area contributed by atoms with Gasteiger partial charge in [0.15, 0.2) is 0 Å². The van der Waals surface area contributed by atoms with Crippen molar-refractivity contribution >= 4 is 35.3 Å². The van der Waals surface area contributed by atoms with E-state index in [1.807, 2.05) is 20.8 Å². The lowest BCUT2D eigenvalue weighted by Crippen LogP contribution is -2.49. The molecule has 35 heavy (non-hydrogen) atoms. The summed E-state index contributed by atoms with van der Waals surface area (Å²) < 4.78 is 37.6. The number of hydrogen-bond acceptors (Lipinski definition) is 3. The minimum Gasteiger partial charge on any atom is -0.355 e. The zero-order chi connectivity index (χ0) is 25.9. The van der Waals surface area contributed by atoms with Crippen LogP contribution >= 0.6 is 11.6 Å². The lowest BCUT2D eigenvalue weighted by molar-refractivity contribution is -0.138. The number of amides is 2. The number of benzene rings is 2. The first-order valence-corrected chi connectivity index (χ1v) is 11.8. The largest absolute Gasteiger partial charge is 0.390 e. The summed E-state index contributed by atoms with van der Waals surface area (Å²) in [5.41, 5.74) is 0.892. The van der Waals surface area contributed by atoms with Crippen molar-refractivity contribution in [2.24, 2.45) is 4.99 Å². The van der Waals surface area contributed by atoms with Gasteiger partial charge < -0.3 is 10.6 Å². The first-order valence-electron chi connectivity index (χ1n) is 11.4. The van der Waals surface area contributed by atoms with Crippen LogP contribution in [0.1, 0.15) is 67.9 Å². The number of anilines is 1. The molecule has 0 unspecified atom stereocenters.